The van der Waals surface area contributed by atoms with Crippen LogP contribution in [-0.4, -0.2) is 39.9 Å². The molecule has 0 unspecified atom stereocenters. The fourth-order valence-corrected chi connectivity index (χ4v) is 8.51. The van der Waals surface area contributed by atoms with Gasteiger partial charge in [0.2, 0.25) is 0 Å². The van der Waals surface area contributed by atoms with Crippen LogP contribution in [0.4, 0.5) is 0 Å². The van der Waals surface area contributed by atoms with Gasteiger partial charge in [-0.25, -0.2) is 29.9 Å². The van der Waals surface area contributed by atoms with Gasteiger partial charge in [0.05, 0.1) is 0 Å². The summed E-state index contributed by atoms with van der Waals surface area (Å²) in [5.74, 6) is 3.50. The fourth-order valence-electron chi connectivity index (χ4n) is 8.51. The Hall–Kier alpha value is -8.36. The minimum Gasteiger partial charge on any atom is -0.264 e. The summed E-state index contributed by atoms with van der Waals surface area (Å²) >= 11 is 0. The van der Waals surface area contributed by atoms with Crippen molar-refractivity contribution in [2.45, 2.75) is 0 Å². The van der Waals surface area contributed by atoms with Crippen molar-refractivity contribution in [2.75, 3.05) is 0 Å². The molecule has 0 amide bonds. The van der Waals surface area contributed by atoms with Gasteiger partial charge in [0.1, 0.15) is 0 Å². The highest BCUT2D eigenvalue weighted by atomic mass is 15.0. The van der Waals surface area contributed by atoms with E-state index in [9.17, 15) is 0 Å². The van der Waals surface area contributed by atoms with Gasteiger partial charge in [-0.3, -0.25) is 9.97 Å². The van der Waals surface area contributed by atoms with E-state index in [1.165, 1.54) is 0 Å². The molecule has 0 saturated heterocycles. The van der Waals surface area contributed by atoms with E-state index in [1.807, 2.05) is 24.3 Å². The lowest BCUT2D eigenvalue weighted by Crippen LogP contribution is -2.02. The number of hydrogen-bond acceptors (Lipinski definition) is 8. The third-order valence-electron chi connectivity index (χ3n) is 11.3. The van der Waals surface area contributed by atoms with Crippen molar-refractivity contribution in [3.63, 3.8) is 0 Å². The van der Waals surface area contributed by atoms with Gasteiger partial charge < -0.3 is 0 Å². The largest absolute Gasteiger partial charge is 0.264 e. The summed E-state index contributed by atoms with van der Waals surface area (Å²) in [6.07, 6.45) is 7.04. The van der Waals surface area contributed by atoms with Crippen molar-refractivity contribution in [3.05, 3.63) is 183 Å². The number of fused-ring (bicyclic) bond motifs is 2. The molecule has 8 nitrogen and oxygen atoms in total. The summed E-state index contributed by atoms with van der Waals surface area (Å²) in [7, 11) is 0. The van der Waals surface area contributed by atoms with Crippen LogP contribution >= 0.6 is 0 Å². The Morgan fingerprint density at radius 2 is 0.633 bits per heavy atom. The second kappa shape index (κ2) is 13.6. The molecule has 4 aromatic heterocycles. The molecule has 12 aromatic rings. The van der Waals surface area contributed by atoms with Crippen molar-refractivity contribution in [1.82, 2.24) is 39.9 Å². The average molecular weight is 767 g/mol. The molecule has 0 N–H and O–H groups in total. The molecule has 4 heterocycles. The van der Waals surface area contributed by atoms with Crippen molar-refractivity contribution < 1.29 is 0 Å². The fraction of sp³-hybridized carbons (Fsp3) is 0. The highest BCUT2D eigenvalue weighted by Gasteiger charge is 2.21. The second-order valence-corrected chi connectivity index (χ2v) is 14.8. The van der Waals surface area contributed by atoms with Crippen LogP contribution in [0.3, 0.4) is 0 Å². The van der Waals surface area contributed by atoms with Crippen LogP contribution in [0.5, 0.6) is 0 Å². The minimum atomic E-state index is 0.541. The first-order valence-corrected chi connectivity index (χ1v) is 19.7. The summed E-state index contributed by atoms with van der Waals surface area (Å²) < 4.78 is 0. The Balaban J connectivity index is 1.10. The monoisotopic (exact) mass is 766 g/mol. The lowest BCUT2D eigenvalue weighted by molar-refractivity contribution is 1.07. The molecule has 0 aliphatic rings. The summed E-state index contributed by atoms with van der Waals surface area (Å²) in [6, 6.07) is 54.3. The highest BCUT2D eigenvalue weighted by molar-refractivity contribution is 6.27. The van der Waals surface area contributed by atoms with Gasteiger partial charge in [0.25, 0.3) is 0 Å². The van der Waals surface area contributed by atoms with Crippen LogP contribution < -0.4 is 0 Å². The summed E-state index contributed by atoms with van der Waals surface area (Å²) in [5.41, 5.74) is 5.33. The zero-order valence-corrected chi connectivity index (χ0v) is 31.9. The van der Waals surface area contributed by atoms with Crippen LogP contribution in [0.2, 0.25) is 0 Å². The van der Waals surface area contributed by atoms with Gasteiger partial charge in [0, 0.05) is 58.2 Å². The predicted octanol–water partition coefficient (Wildman–Crippen LogP) is 12.1. The maximum atomic E-state index is 5.29. The Morgan fingerprint density at radius 1 is 0.250 bits per heavy atom. The molecule has 0 aliphatic heterocycles. The number of nitrogens with zero attached hydrogens (tertiary/aromatic N) is 8. The Labute approximate surface area is 343 Å². The van der Waals surface area contributed by atoms with E-state index < -0.39 is 0 Å². The van der Waals surface area contributed by atoms with Crippen LogP contribution in [0, 0.1) is 0 Å². The van der Waals surface area contributed by atoms with Gasteiger partial charge in [-0.2, -0.15) is 0 Å². The molecule has 0 saturated carbocycles. The molecule has 60 heavy (non-hydrogen) atoms. The number of rotatable bonds is 6. The maximum Gasteiger partial charge on any atom is 0.165 e. The van der Waals surface area contributed by atoms with Crippen LogP contribution in [0.1, 0.15) is 0 Å². The van der Waals surface area contributed by atoms with Crippen molar-refractivity contribution in [2.24, 2.45) is 0 Å². The second-order valence-electron chi connectivity index (χ2n) is 14.8. The first-order valence-electron chi connectivity index (χ1n) is 19.7. The number of benzene rings is 8. The van der Waals surface area contributed by atoms with Crippen molar-refractivity contribution in [1.29, 1.82) is 0 Å². The molecular formula is C52H30N8. The normalized spacial score (nSPS) is 11.7. The van der Waals surface area contributed by atoms with Gasteiger partial charge in [-0.15, -0.1) is 0 Å². The molecule has 12 rings (SSSR count). The molecule has 8 aromatic carbocycles. The first-order chi connectivity index (χ1) is 29.7. The topological polar surface area (TPSA) is 103 Å². The Kier molecular flexibility index (Phi) is 7.67. The summed E-state index contributed by atoms with van der Waals surface area (Å²) in [6.45, 7) is 0. The summed E-state index contributed by atoms with van der Waals surface area (Å²) in [4.78, 5) is 39.5. The van der Waals surface area contributed by atoms with E-state index in [-0.39, 0.29) is 0 Å². The molecule has 278 valence electrons. The smallest absolute Gasteiger partial charge is 0.165 e. The van der Waals surface area contributed by atoms with Gasteiger partial charge >= 0.3 is 0 Å². The van der Waals surface area contributed by atoms with E-state index in [1.54, 1.807) is 24.8 Å². The lowest BCUT2D eigenvalue weighted by atomic mass is 9.89. The van der Waals surface area contributed by atoms with Crippen LogP contribution in [0.25, 0.3) is 122 Å². The third kappa shape index (κ3) is 5.54. The molecule has 0 radical (unpaired) electrons. The average Bonchev–Trinajstić information content (AvgIpc) is 3.33. The lowest BCUT2D eigenvalue weighted by Gasteiger charge is -2.17. The van der Waals surface area contributed by atoms with Crippen molar-refractivity contribution in [3.8, 4) is 68.3 Å². The molecule has 0 bridgehead atoms. The highest BCUT2D eigenvalue weighted by Crippen LogP contribution is 2.42. The number of pyridine rings is 2. The van der Waals surface area contributed by atoms with E-state index in [4.69, 9.17) is 29.9 Å². The maximum absolute atomic E-state index is 5.29. The Morgan fingerprint density at radius 3 is 1.08 bits per heavy atom. The number of aromatic nitrogens is 8. The third-order valence-corrected chi connectivity index (χ3v) is 11.3. The van der Waals surface area contributed by atoms with Gasteiger partial charge in [0.15, 0.2) is 34.9 Å². The minimum absolute atomic E-state index is 0.541. The number of hydrogen-bond donors (Lipinski definition) is 0. The van der Waals surface area contributed by atoms with E-state index in [0.29, 0.717) is 34.9 Å². The molecule has 8 heteroatoms. The first kappa shape index (κ1) is 33.7. The predicted molar refractivity (Wildman–Crippen MR) is 240 cm³/mol. The van der Waals surface area contributed by atoms with E-state index >= 15 is 0 Å². The standard InChI is InChI=1S/C52H30N8/c1-3-15-37-31(9-1)11-5-17-41(37)49-58-50(42-18-6-12-32-10-2-4-16-38(32)42)60-52(59-49)44-26-22-34-19-23-39-43(25-21-33-20-24-40(44)46(34)45(33)39)51-56-47(35-13-7-27-53-29-35)55-48(57-51)36-14-8-28-54-30-36/h1-30H. The van der Waals surface area contributed by atoms with E-state index in [2.05, 4.69) is 143 Å². The molecule has 0 atom stereocenters. The molecule has 0 spiro atoms. The summed E-state index contributed by atoms with van der Waals surface area (Å²) in [5, 5.41) is 11.0. The van der Waals surface area contributed by atoms with E-state index in [0.717, 1.165) is 87.2 Å². The zero-order chi connectivity index (χ0) is 39.6. The van der Waals surface area contributed by atoms with Crippen LogP contribution in [0.15, 0.2) is 183 Å². The molecule has 0 fully saturated rings. The zero-order valence-electron chi connectivity index (χ0n) is 31.9. The Bertz CT molecular complexity index is 3440. The SMILES string of the molecule is c1cncc(-c2nc(-c3cccnc3)nc(-c3ccc4ccc5c(-c6nc(-c7cccc8ccccc78)nc(-c7cccc8ccccc78)n6)ccc6ccc3c4c65)n2)c1. The molecule has 0 aliphatic carbocycles. The van der Waals surface area contributed by atoms with Gasteiger partial charge in [-0.05, 0) is 90.3 Å². The van der Waals surface area contributed by atoms with Gasteiger partial charge in [-0.1, -0.05) is 121 Å². The molecular weight excluding hydrogens is 737 g/mol. The quantitative estimate of drug-likeness (QED) is 0.154. The van der Waals surface area contributed by atoms with Crippen molar-refractivity contribution >= 4 is 53.9 Å². The van der Waals surface area contributed by atoms with Crippen LogP contribution in [-0.2, 0) is 0 Å².